The number of para-hydroxylation sites is 1. The molecule has 6 nitrogen and oxygen atoms in total. The standard InChI is InChI=1S/C19H24N2O4/c22-17(20-10-7-19(8-11-20)24-12-13-25-19)14-18(23)21-9-3-5-15-4-1-2-6-16(15)21/h1-2,4,6H,3,5,7-14H2. The van der Waals surface area contributed by atoms with E-state index in [1.54, 1.807) is 9.80 Å². The molecule has 1 aromatic carbocycles. The van der Waals surface area contributed by atoms with Gasteiger partial charge < -0.3 is 19.3 Å². The van der Waals surface area contributed by atoms with Gasteiger partial charge in [-0.05, 0) is 24.5 Å². The molecule has 0 aliphatic carbocycles. The van der Waals surface area contributed by atoms with Crippen LogP contribution in [0.3, 0.4) is 0 Å². The SMILES string of the molecule is O=C(CC(=O)N1CCCc2ccccc21)N1CCC2(CC1)OCCO2. The first-order valence-electron chi connectivity index (χ1n) is 9.11. The lowest BCUT2D eigenvalue weighted by molar-refractivity contribution is -0.187. The van der Waals surface area contributed by atoms with Crippen molar-refractivity contribution in [3.63, 3.8) is 0 Å². The lowest BCUT2D eigenvalue weighted by Gasteiger charge is -2.38. The fourth-order valence-electron chi connectivity index (χ4n) is 4.01. The highest BCUT2D eigenvalue weighted by Gasteiger charge is 2.41. The maximum atomic E-state index is 12.7. The molecular formula is C19H24N2O4. The number of benzene rings is 1. The van der Waals surface area contributed by atoms with Gasteiger partial charge in [0.05, 0.1) is 13.2 Å². The van der Waals surface area contributed by atoms with Crippen LogP contribution in [-0.2, 0) is 25.5 Å². The predicted molar refractivity (Wildman–Crippen MR) is 92.2 cm³/mol. The minimum Gasteiger partial charge on any atom is -0.347 e. The monoisotopic (exact) mass is 344 g/mol. The van der Waals surface area contributed by atoms with Gasteiger partial charge in [-0.2, -0.15) is 0 Å². The Hall–Kier alpha value is -1.92. The summed E-state index contributed by atoms with van der Waals surface area (Å²) >= 11 is 0. The molecule has 0 N–H and O–H groups in total. The van der Waals surface area contributed by atoms with Crippen LogP contribution in [0.15, 0.2) is 24.3 Å². The zero-order valence-corrected chi connectivity index (χ0v) is 14.4. The van der Waals surface area contributed by atoms with Gasteiger partial charge in [-0.3, -0.25) is 9.59 Å². The number of piperidine rings is 1. The van der Waals surface area contributed by atoms with Gasteiger partial charge in [0.25, 0.3) is 0 Å². The van der Waals surface area contributed by atoms with Crippen molar-refractivity contribution in [2.75, 3.05) is 37.7 Å². The highest BCUT2D eigenvalue weighted by molar-refractivity contribution is 6.05. The number of likely N-dealkylation sites (tertiary alicyclic amines) is 1. The number of hydrogen-bond donors (Lipinski definition) is 0. The van der Waals surface area contributed by atoms with Crippen LogP contribution in [0.25, 0.3) is 0 Å². The van der Waals surface area contributed by atoms with Crippen molar-refractivity contribution in [3.05, 3.63) is 29.8 Å². The first-order chi connectivity index (χ1) is 12.2. The number of hydrogen-bond acceptors (Lipinski definition) is 4. The summed E-state index contributed by atoms with van der Waals surface area (Å²) in [7, 11) is 0. The highest BCUT2D eigenvalue weighted by Crippen LogP contribution is 2.32. The Kier molecular flexibility index (Phi) is 4.48. The summed E-state index contributed by atoms with van der Waals surface area (Å²) < 4.78 is 11.4. The largest absolute Gasteiger partial charge is 0.347 e. The highest BCUT2D eigenvalue weighted by atomic mass is 16.7. The van der Waals surface area contributed by atoms with Gasteiger partial charge >= 0.3 is 0 Å². The Morgan fingerprint density at radius 1 is 1.00 bits per heavy atom. The molecule has 3 aliphatic heterocycles. The molecule has 3 heterocycles. The number of nitrogens with zero attached hydrogens (tertiary/aromatic N) is 2. The fraction of sp³-hybridized carbons (Fsp3) is 0.579. The smallest absolute Gasteiger partial charge is 0.236 e. The van der Waals surface area contributed by atoms with Crippen molar-refractivity contribution in [1.29, 1.82) is 0 Å². The van der Waals surface area contributed by atoms with Gasteiger partial charge in [-0.25, -0.2) is 0 Å². The third-order valence-corrected chi connectivity index (χ3v) is 5.41. The van der Waals surface area contributed by atoms with Crippen LogP contribution in [0.4, 0.5) is 5.69 Å². The van der Waals surface area contributed by atoms with Crippen molar-refractivity contribution in [1.82, 2.24) is 4.90 Å². The molecule has 6 heteroatoms. The molecule has 0 unspecified atom stereocenters. The van der Waals surface area contributed by atoms with Gasteiger partial charge in [0.1, 0.15) is 6.42 Å². The molecule has 0 saturated carbocycles. The quantitative estimate of drug-likeness (QED) is 0.767. The summed E-state index contributed by atoms with van der Waals surface area (Å²) in [6.45, 7) is 3.11. The average Bonchev–Trinajstić information content (AvgIpc) is 3.09. The van der Waals surface area contributed by atoms with E-state index in [2.05, 4.69) is 6.07 Å². The van der Waals surface area contributed by atoms with Crippen molar-refractivity contribution in [2.24, 2.45) is 0 Å². The average molecular weight is 344 g/mol. The van der Waals surface area contributed by atoms with Crippen LogP contribution in [0, 0.1) is 0 Å². The summed E-state index contributed by atoms with van der Waals surface area (Å²) in [6.07, 6.45) is 3.22. The Labute approximate surface area is 147 Å². The van der Waals surface area contributed by atoms with Crippen molar-refractivity contribution < 1.29 is 19.1 Å². The van der Waals surface area contributed by atoms with Gasteiger partial charge in [0.2, 0.25) is 11.8 Å². The maximum absolute atomic E-state index is 12.7. The third kappa shape index (κ3) is 3.28. The lowest BCUT2D eigenvalue weighted by atomic mass is 10.0. The maximum Gasteiger partial charge on any atom is 0.236 e. The number of amides is 2. The Bertz CT molecular complexity index is 659. The summed E-state index contributed by atoms with van der Waals surface area (Å²) in [5.41, 5.74) is 2.14. The van der Waals surface area contributed by atoms with E-state index in [1.807, 2.05) is 18.2 Å². The van der Waals surface area contributed by atoms with Crippen molar-refractivity contribution in [3.8, 4) is 0 Å². The second-order valence-electron chi connectivity index (χ2n) is 6.94. The Balaban J connectivity index is 1.36. The molecule has 1 aromatic rings. The molecule has 134 valence electrons. The van der Waals surface area contributed by atoms with Crippen LogP contribution in [0.5, 0.6) is 0 Å². The number of carbonyl (C=O) groups is 2. The molecule has 2 saturated heterocycles. The Morgan fingerprint density at radius 2 is 1.72 bits per heavy atom. The minimum absolute atomic E-state index is 0.0664. The molecule has 0 aromatic heterocycles. The number of carbonyl (C=O) groups excluding carboxylic acids is 2. The van der Waals surface area contributed by atoms with E-state index in [0.29, 0.717) is 45.7 Å². The topological polar surface area (TPSA) is 59.1 Å². The molecule has 3 aliphatic rings. The van der Waals surface area contributed by atoms with Gasteiger partial charge in [0, 0.05) is 38.2 Å². The van der Waals surface area contributed by atoms with E-state index in [4.69, 9.17) is 9.47 Å². The van der Waals surface area contributed by atoms with Crippen molar-refractivity contribution >= 4 is 17.5 Å². The van der Waals surface area contributed by atoms with E-state index >= 15 is 0 Å². The number of aryl methyl sites for hydroxylation is 1. The number of ether oxygens (including phenoxy) is 2. The molecular weight excluding hydrogens is 320 g/mol. The summed E-state index contributed by atoms with van der Waals surface area (Å²) in [4.78, 5) is 28.8. The van der Waals surface area contributed by atoms with E-state index in [1.165, 1.54) is 5.56 Å². The zero-order valence-electron chi connectivity index (χ0n) is 14.4. The molecule has 2 fully saturated rings. The van der Waals surface area contributed by atoms with Crippen LogP contribution in [0.1, 0.15) is 31.2 Å². The predicted octanol–water partition coefficient (Wildman–Crippen LogP) is 1.72. The van der Waals surface area contributed by atoms with E-state index in [0.717, 1.165) is 18.5 Å². The lowest BCUT2D eigenvalue weighted by Crippen LogP contribution is -2.48. The van der Waals surface area contributed by atoms with Crippen molar-refractivity contribution in [2.45, 2.75) is 37.9 Å². The number of fused-ring (bicyclic) bond motifs is 1. The normalized spacial score (nSPS) is 22.1. The number of rotatable bonds is 2. The minimum atomic E-state index is -0.493. The van der Waals surface area contributed by atoms with Crippen LogP contribution in [0.2, 0.25) is 0 Å². The molecule has 25 heavy (non-hydrogen) atoms. The van der Waals surface area contributed by atoms with E-state index in [-0.39, 0.29) is 18.2 Å². The molecule has 0 radical (unpaired) electrons. The van der Waals surface area contributed by atoms with Gasteiger partial charge in [0.15, 0.2) is 5.79 Å². The first-order valence-corrected chi connectivity index (χ1v) is 9.11. The second-order valence-corrected chi connectivity index (χ2v) is 6.94. The van der Waals surface area contributed by atoms with Gasteiger partial charge in [-0.1, -0.05) is 18.2 Å². The summed E-state index contributed by atoms with van der Waals surface area (Å²) in [5.74, 6) is -0.696. The van der Waals surface area contributed by atoms with Gasteiger partial charge in [-0.15, -0.1) is 0 Å². The van der Waals surface area contributed by atoms with Crippen LogP contribution in [-0.4, -0.2) is 55.3 Å². The molecule has 2 amide bonds. The van der Waals surface area contributed by atoms with Crippen LogP contribution >= 0.6 is 0 Å². The molecule has 0 bridgehead atoms. The van der Waals surface area contributed by atoms with E-state index < -0.39 is 5.79 Å². The number of anilines is 1. The Morgan fingerprint density at radius 3 is 2.48 bits per heavy atom. The second kappa shape index (κ2) is 6.77. The van der Waals surface area contributed by atoms with Crippen LogP contribution < -0.4 is 4.90 Å². The summed E-state index contributed by atoms with van der Waals surface area (Å²) in [5, 5.41) is 0. The third-order valence-electron chi connectivity index (χ3n) is 5.41. The first kappa shape index (κ1) is 16.5. The fourth-order valence-corrected chi connectivity index (χ4v) is 4.01. The molecule has 1 spiro atoms. The summed E-state index contributed by atoms with van der Waals surface area (Å²) in [6, 6.07) is 7.96. The zero-order chi connectivity index (χ0) is 17.3. The molecule has 4 rings (SSSR count). The van der Waals surface area contributed by atoms with E-state index in [9.17, 15) is 9.59 Å². The molecule has 0 atom stereocenters.